The van der Waals surface area contributed by atoms with E-state index < -0.39 is 5.54 Å². The smallest absolute Gasteiger partial charge is 0.253 e. The van der Waals surface area contributed by atoms with Crippen LogP contribution in [-0.4, -0.2) is 74.3 Å². The van der Waals surface area contributed by atoms with Gasteiger partial charge in [0, 0.05) is 113 Å². The van der Waals surface area contributed by atoms with Gasteiger partial charge in [-0.2, -0.15) is 0 Å². The van der Waals surface area contributed by atoms with Crippen molar-refractivity contribution in [3.05, 3.63) is 153 Å². The van der Waals surface area contributed by atoms with Gasteiger partial charge < -0.3 is 23.5 Å². The van der Waals surface area contributed by atoms with Crippen molar-refractivity contribution in [1.82, 2.24) is 28.4 Å². The first-order chi connectivity index (χ1) is 31.3. The van der Waals surface area contributed by atoms with E-state index in [2.05, 4.69) is 48.1 Å². The Hall–Kier alpha value is -6.44. The predicted octanol–water partition coefficient (Wildman–Crippen LogP) is 9.10. The summed E-state index contributed by atoms with van der Waals surface area (Å²) in [5.74, 6) is -0.412. The fourth-order valence-corrected chi connectivity index (χ4v) is 6.52. The molecule has 69 heavy (non-hydrogen) atoms. The lowest BCUT2D eigenvalue weighted by atomic mass is 10.0. The Morgan fingerprint density at radius 3 is 1.16 bits per heavy atom. The molecule has 14 nitrogen and oxygen atoms in total. The van der Waals surface area contributed by atoms with E-state index in [4.69, 9.17) is 0 Å². The van der Waals surface area contributed by atoms with E-state index in [1.54, 1.807) is 68.8 Å². The maximum atomic E-state index is 11.3. The number of rotatable bonds is 0. The molecule has 0 bridgehead atoms. The van der Waals surface area contributed by atoms with Gasteiger partial charge in [0.05, 0.1) is 12.8 Å². The molecule has 0 N–H and O–H groups in total. The minimum atomic E-state index is -0.404. The molecule has 0 aliphatic carbocycles. The lowest BCUT2D eigenvalue weighted by Gasteiger charge is -2.37. The third-order valence-electron chi connectivity index (χ3n) is 9.93. The normalized spacial score (nSPS) is 15.3. The highest BCUT2D eigenvalue weighted by molar-refractivity contribution is 6.06. The molecule has 0 fully saturated rings. The van der Waals surface area contributed by atoms with Crippen molar-refractivity contribution >= 4 is 29.3 Å². The van der Waals surface area contributed by atoms with Gasteiger partial charge in [0.1, 0.15) is 0 Å². The van der Waals surface area contributed by atoms with Crippen LogP contribution in [0.4, 0.5) is 0 Å². The predicted molar refractivity (Wildman–Crippen MR) is 277 cm³/mol. The summed E-state index contributed by atoms with van der Waals surface area (Å²) in [6.45, 7) is 39.8. The monoisotopic (exact) mass is 953 g/mol. The molecule has 0 radical (unpaired) electrons. The molecule has 378 valence electrons. The number of carbonyl (C=O) groups is 5. The number of hydrogen-bond donors (Lipinski definition) is 0. The van der Waals surface area contributed by atoms with Gasteiger partial charge in [0.2, 0.25) is 11.8 Å². The summed E-state index contributed by atoms with van der Waals surface area (Å²) in [7, 11) is 0. The molecule has 3 aromatic heterocycles. The Labute approximate surface area is 410 Å². The average Bonchev–Trinajstić information content (AvgIpc) is 3.17. The zero-order chi connectivity index (χ0) is 53.5. The van der Waals surface area contributed by atoms with E-state index in [1.807, 2.05) is 136 Å². The minimum Gasteiger partial charge on any atom is -0.349 e. The molecule has 3 aliphatic heterocycles. The van der Waals surface area contributed by atoms with Crippen molar-refractivity contribution in [2.24, 2.45) is 0 Å². The van der Waals surface area contributed by atoms with Crippen molar-refractivity contribution in [3.8, 4) is 0 Å². The van der Waals surface area contributed by atoms with Gasteiger partial charge in [-0.1, -0.05) is 24.8 Å². The molecule has 3 aromatic rings. The molecule has 3 aliphatic rings. The molecular formula is C55H80N6O8. The summed E-state index contributed by atoms with van der Waals surface area (Å²) in [6.07, 6.45) is 17.5. The number of allylic oxidation sites excluding steroid dienone is 3. The number of hydrogen-bond acceptors (Lipinski definition) is 9. The number of ketones is 2. The topological polar surface area (TPSA) is 161 Å². The molecule has 0 aromatic carbocycles. The molecule has 3 amide bonds. The molecule has 0 spiro atoms. The van der Waals surface area contributed by atoms with Gasteiger partial charge in [0.25, 0.3) is 17.0 Å². The fourth-order valence-electron chi connectivity index (χ4n) is 6.52. The van der Waals surface area contributed by atoms with Crippen molar-refractivity contribution in [2.45, 2.75) is 177 Å². The van der Waals surface area contributed by atoms with Gasteiger partial charge in [-0.25, -0.2) is 0 Å². The van der Waals surface area contributed by atoms with Crippen LogP contribution >= 0.6 is 0 Å². The Morgan fingerprint density at radius 1 is 0.435 bits per heavy atom. The molecule has 14 heteroatoms. The van der Waals surface area contributed by atoms with Crippen LogP contribution in [0, 0.1) is 0 Å². The summed E-state index contributed by atoms with van der Waals surface area (Å²) >= 11 is 0. The summed E-state index contributed by atoms with van der Waals surface area (Å²) in [5, 5.41) is 0. The van der Waals surface area contributed by atoms with E-state index in [1.165, 1.54) is 17.1 Å². The highest BCUT2D eigenvalue weighted by atomic mass is 16.2. The SMILES string of the molecule is C=C1CC(=O)C=CN1C(C)(C)C.CC(C)(C)N1C(=O)C=CCC1=O.CC(C)(C)N1C=CC(=O)CC1=O.CC(C)(C)n1ccc(=O)cc1.CC(C)(C)n1ccccc1=O.CC(C)(C)n1ccccc1=O. The lowest BCUT2D eigenvalue weighted by Crippen LogP contribution is -2.49. The Morgan fingerprint density at radius 2 is 0.855 bits per heavy atom. The second kappa shape index (κ2) is 24.7. The first-order valence-electron chi connectivity index (χ1n) is 23.1. The van der Waals surface area contributed by atoms with Crippen LogP contribution in [-0.2, 0) is 40.6 Å². The van der Waals surface area contributed by atoms with Gasteiger partial charge in [-0.3, -0.25) is 43.3 Å². The number of imide groups is 1. The van der Waals surface area contributed by atoms with E-state index in [0.29, 0.717) is 12.8 Å². The lowest BCUT2D eigenvalue weighted by molar-refractivity contribution is -0.148. The van der Waals surface area contributed by atoms with Gasteiger partial charge in [-0.05, 0) is 149 Å². The molecule has 6 rings (SSSR count). The van der Waals surface area contributed by atoms with Crippen molar-refractivity contribution in [2.75, 3.05) is 0 Å². The average molecular weight is 953 g/mol. The molecule has 0 unspecified atom stereocenters. The number of nitrogens with zero attached hydrogens (tertiary/aromatic N) is 6. The molecular weight excluding hydrogens is 873 g/mol. The number of amides is 3. The van der Waals surface area contributed by atoms with E-state index in [0.717, 1.165) is 5.70 Å². The van der Waals surface area contributed by atoms with E-state index in [-0.39, 0.29) is 80.0 Å². The van der Waals surface area contributed by atoms with Crippen LogP contribution in [0.15, 0.2) is 137 Å². The Balaban J connectivity index is 0.000000414. The van der Waals surface area contributed by atoms with Crippen LogP contribution in [0.1, 0.15) is 144 Å². The Bertz CT molecular complexity index is 2390. The third kappa shape index (κ3) is 21.2. The van der Waals surface area contributed by atoms with Crippen LogP contribution in [0.3, 0.4) is 0 Å². The fraction of sp³-hybridized carbons (Fsp3) is 0.491. The highest BCUT2D eigenvalue weighted by Gasteiger charge is 2.32. The summed E-state index contributed by atoms with van der Waals surface area (Å²) in [6, 6.07) is 13.5. The summed E-state index contributed by atoms with van der Waals surface area (Å²) in [4.78, 5) is 93.8. The second-order valence-corrected chi connectivity index (χ2v) is 22.6. The van der Waals surface area contributed by atoms with Crippen LogP contribution in [0.5, 0.6) is 0 Å². The van der Waals surface area contributed by atoms with E-state index >= 15 is 0 Å². The zero-order valence-electron chi connectivity index (χ0n) is 44.7. The van der Waals surface area contributed by atoms with Crippen molar-refractivity contribution in [1.29, 1.82) is 0 Å². The van der Waals surface area contributed by atoms with Crippen molar-refractivity contribution < 1.29 is 24.0 Å². The number of pyridine rings is 3. The molecule has 0 saturated heterocycles. The van der Waals surface area contributed by atoms with E-state index in [9.17, 15) is 38.4 Å². The molecule has 0 saturated carbocycles. The zero-order valence-corrected chi connectivity index (χ0v) is 44.7. The minimum absolute atomic E-state index is 0.00771. The maximum Gasteiger partial charge on any atom is 0.253 e. The second-order valence-electron chi connectivity index (χ2n) is 22.6. The van der Waals surface area contributed by atoms with Crippen LogP contribution in [0.2, 0.25) is 0 Å². The maximum absolute atomic E-state index is 11.3. The third-order valence-corrected chi connectivity index (χ3v) is 9.93. The summed E-state index contributed by atoms with van der Waals surface area (Å²) < 4.78 is 5.44. The highest BCUT2D eigenvalue weighted by Crippen LogP contribution is 2.24. The van der Waals surface area contributed by atoms with Crippen LogP contribution in [0.25, 0.3) is 0 Å². The first kappa shape index (κ1) is 60.6. The van der Waals surface area contributed by atoms with Gasteiger partial charge in [-0.15, -0.1) is 0 Å². The van der Waals surface area contributed by atoms with Crippen molar-refractivity contribution in [3.63, 3.8) is 0 Å². The number of aromatic nitrogens is 3. The number of carbonyl (C=O) groups excluding carboxylic acids is 5. The quantitative estimate of drug-likeness (QED) is 0.158. The largest absolute Gasteiger partial charge is 0.349 e. The molecule has 0 atom stereocenters. The first-order valence-corrected chi connectivity index (χ1v) is 23.1. The summed E-state index contributed by atoms with van der Waals surface area (Å²) in [5.41, 5.74) is 0.284. The van der Waals surface area contributed by atoms with Crippen LogP contribution < -0.4 is 16.5 Å². The van der Waals surface area contributed by atoms with Gasteiger partial charge >= 0.3 is 0 Å². The Kier molecular flexibility index (Phi) is 21.7. The van der Waals surface area contributed by atoms with Gasteiger partial charge in [0.15, 0.2) is 17.0 Å². The standard InChI is InChI=1S/C10H15NO.2C9H13NO2.3C9H13NO/c1-8-7-9(12)5-6-11(8)10(2,3)4;1-9(2,3)10-5-4-7(11)6-8(10)12;1-9(2,3)10-7(11)5-4-6-8(10)12;1-9(2,3)10-6-4-8(11)5-7-10;2*1-9(2,3)10-7-5-4-6-8(10)11/h5-6H,1,7H2,2-4H3;2*4-5H,6H2,1-3H3;3*4-7H,1-3H3. The molecule has 6 heterocycles.